The van der Waals surface area contributed by atoms with E-state index in [1.807, 2.05) is 0 Å². The maximum atomic E-state index is 5.42. The summed E-state index contributed by atoms with van der Waals surface area (Å²) in [6.45, 7) is 7.38. The van der Waals surface area contributed by atoms with Crippen molar-refractivity contribution < 1.29 is 4.74 Å². The van der Waals surface area contributed by atoms with Crippen molar-refractivity contribution >= 4 is 0 Å². The Balaban J connectivity index is 1.82. The van der Waals surface area contributed by atoms with Crippen molar-refractivity contribution in [2.45, 2.75) is 38.6 Å². The van der Waals surface area contributed by atoms with Gasteiger partial charge in [-0.15, -0.1) is 0 Å². The molecular weight excluding hydrogens is 176 g/mol. The van der Waals surface area contributed by atoms with Gasteiger partial charge in [-0.2, -0.15) is 0 Å². The summed E-state index contributed by atoms with van der Waals surface area (Å²) in [5.74, 6) is 0. The van der Waals surface area contributed by atoms with Crippen molar-refractivity contribution in [3.63, 3.8) is 0 Å². The number of hydrogen-bond acceptors (Lipinski definition) is 3. The highest BCUT2D eigenvalue weighted by molar-refractivity contribution is 4.74. The molecule has 0 aromatic heterocycles. The minimum absolute atomic E-state index is 0.690. The number of nitrogens with one attached hydrogen (secondary N) is 2. The fraction of sp³-hybridized carbons (Fsp3) is 1.00. The number of piperidine rings is 1. The average Bonchev–Trinajstić information content (AvgIpc) is 2.25. The molecule has 0 aromatic rings. The SMILES string of the molecule is CCCOCCCNC1CCCNC1. The maximum Gasteiger partial charge on any atom is 0.0478 e. The van der Waals surface area contributed by atoms with Gasteiger partial charge in [-0.3, -0.25) is 0 Å². The van der Waals surface area contributed by atoms with Gasteiger partial charge in [0.25, 0.3) is 0 Å². The van der Waals surface area contributed by atoms with Crippen LogP contribution in [0.15, 0.2) is 0 Å². The molecule has 14 heavy (non-hydrogen) atoms. The van der Waals surface area contributed by atoms with Crippen molar-refractivity contribution in [2.24, 2.45) is 0 Å². The highest BCUT2D eigenvalue weighted by atomic mass is 16.5. The Hall–Kier alpha value is -0.120. The molecule has 1 unspecified atom stereocenters. The summed E-state index contributed by atoms with van der Waals surface area (Å²) in [4.78, 5) is 0. The summed E-state index contributed by atoms with van der Waals surface area (Å²) < 4.78 is 5.42. The minimum atomic E-state index is 0.690. The Kier molecular flexibility index (Phi) is 7.01. The molecular formula is C11H24N2O. The van der Waals surface area contributed by atoms with E-state index in [9.17, 15) is 0 Å². The van der Waals surface area contributed by atoms with E-state index in [1.54, 1.807) is 0 Å². The van der Waals surface area contributed by atoms with Crippen molar-refractivity contribution in [3.05, 3.63) is 0 Å². The summed E-state index contributed by atoms with van der Waals surface area (Å²) in [6.07, 6.45) is 4.89. The number of rotatable bonds is 7. The molecule has 1 aliphatic heterocycles. The second kappa shape index (κ2) is 8.21. The standard InChI is InChI=1S/C11H24N2O/c1-2-8-14-9-4-7-13-11-5-3-6-12-10-11/h11-13H,2-10H2,1H3. The Morgan fingerprint density at radius 3 is 3.07 bits per heavy atom. The second-order valence-electron chi connectivity index (χ2n) is 3.96. The molecule has 1 atom stereocenters. The molecule has 1 rings (SSSR count). The van der Waals surface area contributed by atoms with Gasteiger partial charge in [0.1, 0.15) is 0 Å². The van der Waals surface area contributed by atoms with Crippen molar-refractivity contribution in [2.75, 3.05) is 32.8 Å². The monoisotopic (exact) mass is 200 g/mol. The molecule has 3 nitrogen and oxygen atoms in total. The zero-order valence-electron chi connectivity index (χ0n) is 9.35. The van der Waals surface area contributed by atoms with E-state index in [2.05, 4.69) is 17.6 Å². The summed E-state index contributed by atoms with van der Waals surface area (Å²) in [5.41, 5.74) is 0. The van der Waals surface area contributed by atoms with Crippen LogP contribution in [0.25, 0.3) is 0 Å². The van der Waals surface area contributed by atoms with Crippen LogP contribution in [0.5, 0.6) is 0 Å². The number of ether oxygens (including phenoxy) is 1. The third kappa shape index (κ3) is 5.58. The van der Waals surface area contributed by atoms with E-state index in [-0.39, 0.29) is 0 Å². The lowest BCUT2D eigenvalue weighted by Gasteiger charge is -2.23. The third-order valence-corrected chi connectivity index (χ3v) is 2.54. The first-order valence-corrected chi connectivity index (χ1v) is 5.95. The van der Waals surface area contributed by atoms with Gasteiger partial charge >= 0.3 is 0 Å². The van der Waals surface area contributed by atoms with Crippen LogP contribution >= 0.6 is 0 Å². The second-order valence-corrected chi connectivity index (χ2v) is 3.96. The van der Waals surface area contributed by atoms with Crippen molar-refractivity contribution in [1.29, 1.82) is 0 Å². The maximum absolute atomic E-state index is 5.42. The van der Waals surface area contributed by atoms with Gasteiger partial charge in [-0.25, -0.2) is 0 Å². The minimum Gasteiger partial charge on any atom is -0.381 e. The predicted octanol–water partition coefficient (Wildman–Crippen LogP) is 1.14. The van der Waals surface area contributed by atoms with Crippen LogP contribution in [0.1, 0.15) is 32.6 Å². The lowest BCUT2D eigenvalue weighted by molar-refractivity contribution is 0.131. The van der Waals surface area contributed by atoms with Crippen molar-refractivity contribution in [3.8, 4) is 0 Å². The molecule has 1 fully saturated rings. The molecule has 1 heterocycles. The van der Waals surface area contributed by atoms with Gasteiger partial charge in [0.15, 0.2) is 0 Å². The highest BCUT2D eigenvalue weighted by Crippen LogP contribution is 2.00. The van der Waals surface area contributed by atoms with Gasteiger partial charge in [-0.1, -0.05) is 6.92 Å². The van der Waals surface area contributed by atoms with Crippen LogP contribution in [0.3, 0.4) is 0 Å². The molecule has 3 heteroatoms. The smallest absolute Gasteiger partial charge is 0.0478 e. The molecule has 0 aromatic carbocycles. The average molecular weight is 200 g/mol. The topological polar surface area (TPSA) is 33.3 Å². The van der Waals surface area contributed by atoms with Crippen LogP contribution < -0.4 is 10.6 Å². The van der Waals surface area contributed by atoms with E-state index >= 15 is 0 Å². The van der Waals surface area contributed by atoms with Crippen LogP contribution in [-0.4, -0.2) is 38.9 Å². The van der Waals surface area contributed by atoms with E-state index < -0.39 is 0 Å². The van der Waals surface area contributed by atoms with Gasteiger partial charge in [0.2, 0.25) is 0 Å². The normalized spacial score (nSPS) is 22.5. The molecule has 0 saturated carbocycles. The van der Waals surface area contributed by atoms with Gasteiger partial charge < -0.3 is 15.4 Å². The fourth-order valence-electron chi connectivity index (χ4n) is 1.75. The van der Waals surface area contributed by atoms with Crippen LogP contribution in [0, 0.1) is 0 Å². The highest BCUT2D eigenvalue weighted by Gasteiger charge is 2.10. The first-order valence-electron chi connectivity index (χ1n) is 5.95. The van der Waals surface area contributed by atoms with Crippen LogP contribution in [0.2, 0.25) is 0 Å². The summed E-state index contributed by atoms with van der Waals surface area (Å²) in [6, 6.07) is 0.690. The fourth-order valence-corrected chi connectivity index (χ4v) is 1.75. The first kappa shape index (κ1) is 12.0. The lowest BCUT2D eigenvalue weighted by Crippen LogP contribution is -2.43. The molecule has 84 valence electrons. The zero-order chi connectivity index (χ0) is 10.1. The molecule has 2 N–H and O–H groups in total. The summed E-state index contributed by atoms with van der Waals surface area (Å²) >= 11 is 0. The van der Waals surface area contributed by atoms with E-state index in [0.717, 1.165) is 39.1 Å². The third-order valence-electron chi connectivity index (χ3n) is 2.54. The van der Waals surface area contributed by atoms with Gasteiger partial charge in [-0.05, 0) is 38.8 Å². The van der Waals surface area contributed by atoms with Gasteiger partial charge in [0.05, 0.1) is 0 Å². The molecule has 0 spiro atoms. The molecule has 0 aliphatic carbocycles. The van der Waals surface area contributed by atoms with Crippen LogP contribution in [-0.2, 0) is 4.74 Å². The summed E-state index contributed by atoms with van der Waals surface area (Å²) in [5, 5.41) is 6.96. The van der Waals surface area contributed by atoms with Crippen molar-refractivity contribution in [1.82, 2.24) is 10.6 Å². The van der Waals surface area contributed by atoms with E-state index in [0.29, 0.717) is 6.04 Å². The molecule has 1 saturated heterocycles. The molecule has 0 radical (unpaired) electrons. The molecule has 0 bridgehead atoms. The number of hydrogen-bond donors (Lipinski definition) is 2. The predicted molar refractivity (Wildman–Crippen MR) is 59.6 cm³/mol. The zero-order valence-corrected chi connectivity index (χ0v) is 9.35. The largest absolute Gasteiger partial charge is 0.381 e. The summed E-state index contributed by atoms with van der Waals surface area (Å²) in [7, 11) is 0. The molecule has 0 amide bonds. The molecule has 1 aliphatic rings. The van der Waals surface area contributed by atoms with E-state index in [1.165, 1.54) is 19.4 Å². The van der Waals surface area contributed by atoms with Crippen LogP contribution in [0.4, 0.5) is 0 Å². The van der Waals surface area contributed by atoms with E-state index in [4.69, 9.17) is 4.74 Å². The Morgan fingerprint density at radius 2 is 2.36 bits per heavy atom. The quantitative estimate of drug-likeness (QED) is 0.605. The first-order chi connectivity index (χ1) is 6.93. The lowest BCUT2D eigenvalue weighted by atomic mass is 10.1. The Morgan fingerprint density at radius 1 is 1.43 bits per heavy atom. The Labute approximate surface area is 87.6 Å². The Bertz CT molecular complexity index is 124. The van der Waals surface area contributed by atoms with Gasteiger partial charge in [0, 0.05) is 25.8 Å².